The zero-order valence-electron chi connectivity index (χ0n) is 48.1. The number of hydrogen-bond acceptors (Lipinski definition) is 16. The number of ether oxygens (including phenoxy) is 10. The van der Waals surface area contributed by atoms with Crippen LogP contribution >= 0.6 is 0 Å². The number of carbonyl (C=O) groups excluding carboxylic acids is 4. The summed E-state index contributed by atoms with van der Waals surface area (Å²) in [5, 5.41) is 17.6. The molecule has 454 valence electrons. The van der Waals surface area contributed by atoms with E-state index in [4.69, 9.17) is 67.2 Å². The summed E-state index contributed by atoms with van der Waals surface area (Å²) in [4.78, 5) is 44.2. The van der Waals surface area contributed by atoms with Gasteiger partial charge in [0.2, 0.25) is 0 Å². The number of nitrogens with zero attached hydrogens (tertiary/aromatic N) is 2. The summed E-state index contributed by atoms with van der Waals surface area (Å²) >= 11 is 0. The van der Waals surface area contributed by atoms with Gasteiger partial charge in [-0.25, -0.2) is 0 Å². The van der Waals surface area contributed by atoms with E-state index < -0.39 is 24.3 Å². The lowest BCUT2D eigenvalue weighted by atomic mass is 9.86. The third-order valence-corrected chi connectivity index (χ3v) is 14.9. The van der Waals surface area contributed by atoms with Crippen LogP contribution in [0.4, 0.5) is 26.3 Å². The van der Waals surface area contributed by atoms with Crippen LogP contribution < -0.4 is 48.1 Å². The standard InChI is InChI=1S/C54H74N2O12.2C2HF3O2/c1-36(20-26-67-53(57)18-24-55(2)22-16-39-32-49(63-8)51(65-10)34-41(39)43(55)28-37-12-14-45(59-4)47(30-37)61-6)21-27-68-54(58)19-25-56(3)23-17-40-33-50(64-9)52(66-11)35-42(40)44(56)29-38-13-15-46(60-5)48(31-38)62-7;2*3-2(4,5)1(6)7/h12-15,30-36,43-44H,16-29H2,1-11H3;2*(H,6,7)/q+2;;/p-2/t43-,44-,55-,56-;;/m1../s1. The summed E-state index contributed by atoms with van der Waals surface area (Å²) < 4.78 is 121. The molecule has 4 aromatic carbocycles. The monoisotopic (exact) mass is 1170 g/mol. The molecule has 0 bridgehead atoms. The van der Waals surface area contributed by atoms with Gasteiger partial charge < -0.3 is 76.1 Å². The summed E-state index contributed by atoms with van der Waals surface area (Å²) in [5.74, 6) is -0.775. The van der Waals surface area contributed by atoms with Gasteiger partial charge in [-0.05, 0) is 89.5 Å². The molecule has 2 aliphatic heterocycles. The number of halogens is 6. The topological polar surface area (TPSA) is 207 Å². The lowest BCUT2D eigenvalue weighted by Gasteiger charge is -2.46. The highest BCUT2D eigenvalue weighted by Crippen LogP contribution is 2.45. The Balaban J connectivity index is 0.000000914. The number of esters is 2. The van der Waals surface area contributed by atoms with Crippen molar-refractivity contribution in [1.82, 2.24) is 0 Å². The third kappa shape index (κ3) is 18.3. The second kappa shape index (κ2) is 30.1. The van der Waals surface area contributed by atoms with Crippen LogP contribution in [0.2, 0.25) is 0 Å². The molecule has 4 aromatic rings. The van der Waals surface area contributed by atoms with Crippen LogP contribution in [0.1, 0.15) is 78.1 Å². The number of aliphatic carboxylic acids is 2. The van der Waals surface area contributed by atoms with Crippen LogP contribution in [0.15, 0.2) is 60.7 Å². The Bertz CT molecular complexity index is 2610. The highest BCUT2D eigenvalue weighted by Gasteiger charge is 2.42. The maximum atomic E-state index is 13.3. The molecule has 2 heterocycles. The molecule has 0 fully saturated rings. The maximum Gasteiger partial charge on any atom is 0.430 e. The van der Waals surface area contributed by atoms with Crippen LogP contribution in [0.25, 0.3) is 0 Å². The van der Waals surface area contributed by atoms with E-state index in [1.807, 2.05) is 24.3 Å². The van der Waals surface area contributed by atoms with Crippen LogP contribution in [0.5, 0.6) is 46.0 Å². The minimum atomic E-state index is -5.19. The minimum Gasteiger partial charge on any atom is -0.542 e. The van der Waals surface area contributed by atoms with E-state index in [-0.39, 0.29) is 42.8 Å². The molecule has 6 rings (SSSR count). The third-order valence-electron chi connectivity index (χ3n) is 14.9. The molecule has 0 saturated carbocycles. The van der Waals surface area contributed by atoms with Gasteiger partial charge in [-0.15, -0.1) is 0 Å². The van der Waals surface area contributed by atoms with Crippen molar-refractivity contribution in [2.24, 2.45) is 5.92 Å². The second-order valence-electron chi connectivity index (χ2n) is 20.2. The molecule has 0 aliphatic carbocycles. The van der Waals surface area contributed by atoms with Crippen molar-refractivity contribution in [3.05, 3.63) is 94.0 Å². The number of fused-ring (bicyclic) bond motifs is 2. The highest BCUT2D eigenvalue weighted by atomic mass is 19.4. The van der Waals surface area contributed by atoms with Gasteiger partial charge in [-0.1, -0.05) is 19.1 Å². The first-order valence-corrected chi connectivity index (χ1v) is 26.1. The van der Waals surface area contributed by atoms with Crippen molar-refractivity contribution in [2.75, 3.05) is 110 Å². The number of likely N-dealkylation sites (N-methyl/N-ethyl adjacent to an activating group) is 2. The lowest BCUT2D eigenvalue weighted by molar-refractivity contribution is -0.940. The Labute approximate surface area is 473 Å². The van der Waals surface area contributed by atoms with Crippen molar-refractivity contribution in [2.45, 2.75) is 82.7 Å². The fourth-order valence-corrected chi connectivity index (χ4v) is 10.0. The molecule has 2 aliphatic rings. The molecule has 4 atom stereocenters. The van der Waals surface area contributed by atoms with E-state index in [0.717, 1.165) is 49.9 Å². The molecule has 24 heteroatoms. The molecular formula is C58H74F6N2O16. The first kappa shape index (κ1) is 67.2. The van der Waals surface area contributed by atoms with E-state index in [2.05, 4.69) is 57.4 Å². The molecule has 0 spiro atoms. The maximum absolute atomic E-state index is 13.3. The van der Waals surface area contributed by atoms with Gasteiger partial charge in [0.1, 0.15) is 24.0 Å². The number of rotatable bonds is 24. The summed E-state index contributed by atoms with van der Waals surface area (Å²) in [6.07, 6.45) is -5.36. The van der Waals surface area contributed by atoms with Gasteiger partial charge in [0, 0.05) is 36.8 Å². The van der Waals surface area contributed by atoms with Crippen LogP contribution in [-0.2, 0) is 54.3 Å². The Morgan fingerprint density at radius 2 is 0.793 bits per heavy atom. The average molecular weight is 1170 g/mol. The largest absolute Gasteiger partial charge is 0.542 e. The number of benzene rings is 4. The normalized spacial score (nSPS) is 18.1. The number of carbonyl (C=O) groups is 4. The lowest BCUT2D eigenvalue weighted by Crippen LogP contribution is -2.53. The highest BCUT2D eigenvalue weighted by molar-refractivity contribution is 5.71. The van der Waals surface area contributed by atoms with Gasteiger partial charge in [-0.2, -0.15) is 26.3 Å². The predicted molar refractivity (Wildman–Crippen MR) is 282 cm³/mol. The van der Waals surface area contributed by atoms with Crippen LogP contribution in [0.3, 0.4) is 0 Å². The number of carboxylic acids is 2. The van der Waals surface area contributed by atoms with Gasteiger partial charge in [0.25, 0.3) is 0 Å². The number of alkyl halides is 6. The van der Waals surface area contributed by atoms with E-state index in [0.29, 0.717) is 94.1 Å². The average Bonchev–Trinajstić information content (AvgIpc) is 3.37. The Hall–Kier alpha value is -7.34. The SMILES string of the molecule is COc1ccc(C[C@@H]2c3cc(OC)c(OC)cc3CC[N@+]2(C)CCC(=O)OCCC(C)CCOC(=O)CC[N@@+]2(C)CCc3cc(OC)c(OC)cc3[C@H]2Cc2ccc(OC)c(OC)c2)cc1OC.O=C([O-])C(F)(F)F.O=C([O-])C(F)(F)F. The van der Waals surface area contributed by atoms with Crippen molar-refractivity contribution in [3.8, 4) is 46.0 Å². The van der Waals surface area contributed by atoms with Gasteiger partial charge in [-0.3, -0.25) is 9.59 Å². The zero-order valence-corrected chi connectivity index (χ0v) is 48.1. The fourth-order valence-electron chi connectivity index (χ4n) is 10.0. The second-order valence-corrected chi connectivity index (χ2v) is 20.2. The molecule has 0 saturated heterocycles. The smallest absolute Gasteiger partial charge is 0.430 e. The number of quaternary nitrogens is 2. The quantitative estimate of drug-likeness (QED) is 0.0397. The van der Waals surface area contributed by atoms with Crippen molar-refractivity contribution in [1.29, 1.82) is 0 Å². The molecule has 0 radical (unpaired) electrons. The number of hydrogen-bond donors (Lipinski definition) is 0. The molecule has 0 unspecified atom stereocenters. The summed E-state index contributed by atoms with van der Waals surface area (Å²) in [5.41, 5.74) is 7.00. The molecule has 0 N–H and O–H groups in total. The van der Waals surface area contributed by atoms with E-state index >= 15 is 0 Å². The summed E-state index contributed by atoms with van der Waals surface area (Å²) in [6, 6.07) is 20.5. The minimum absolute atomic E-state index is 0.0347. The van der Waals surface area contributed by atoms with Gasteiger partial charge >= 0.3 is 24.3 Å². The summed E-state index contributed by atoms with van der Waals surface area (Å²) in [6.45, 7) is 5.63. The van der Waals surface area contributed by atoms with Gasteiger partial charge in [0.05, 0.1) is 123 Å². The predicted octanol–water partition coefficient (Wildman–Crippen LogP) is 6.91. The summed E-state index contributed by atoms with van der Waals surface area (Å²) in [7, 11) is 17.6. The fraction of sp³-hybridized carbons (Fsp3) is 0.517. The van der Waals surface area contributed by atoms with Crippen molar-refractivity contribution < 1.29 is 112 Å². The molecule has 18 nitrogen and oxygen atoms in total. The van der Waals surface area contributed by atoms with E-state index in [1.165, 1.54) is 22.3 Å². The number of methoxy groups -OCH3 is 8. The molecule has 0 amide bonds. The van der Waals surface area contributed by atoms with E-state index in [9.17, 15) is 35.9 Å². The molecule has 82 heavy (non-hydrogen) atoms. The van der Waals surface area contributed by atoms with E-state index in [1.54, 1.807) is 56.9 Å². The number of carboxylic acid groups (broad SMARTS) is 2. The first-order valence-electron chi connectivity index (χ1n) is 26.1. The van der Waals surface area contributed by atoms with Crippen LogP contribution in [0, 0.1) is 5.92 Å². The van der Waals surface area contributed by atoms with Crippen LogP contribution in [-0.4, -0.2) is 156 Å². The van der Waals surface area contributed by atoms with Gasteiger partial charge in [0.15, 0.2) is 46.0 Å². The zero-order chi connectivity index (χ0) is 61.2. The molecule has 0 aromatic heterocycles. The Kier molecular flexibility index (Phi) is 24.7. The Morgan fingerprint density at radius 3 is 1.09 bits per heavy atom. The molecular weight excluding hydrogens is 1090 g/mol. The van der Waals surface area contributed by atoms with Crippen molar-refractivity contribution >= 4 is 23.9 Å². The Morgan fingerprint density at radius 1 is 0.500 bits per heavy atom. The first-order chi connectivity index (χ1) is 38.6. The van der Waals surface area contributed by atoms with Crippen molar-refractivity contribution in [3.63, 3.8) is 0 Å².